The van der Waals surface area contributed by atoms with Crippen LogP contribution in [0.2, 0.25) is 0 Å². The molecule has 3 aromatic carbocycles. The summed E-state index contributed by atoms with van der Waals surface area (Å²) in [7, 11) is 0. The number of fused-ring (bicyclic) bond motifs is 2. The van der Waals surface area contributed by atoms with Crippen LogP contribution in [-0.4, -0.2) is 54.8 Å². The number of nitrogens with zero attached hydrogens (tertiary/aromatic N) is 2. The molecule has 36 heavy (non-hydrogen) atoms. The molecule has 4 amide bonds. The van der Waals surface area contributed by atoms with Crippen LogP contribution in [0.25, 0.3) is 0 Å². The Kier molecular flexibility index (Phi) is 6.36. The van der Waals surface area contributed by atoms with Gasteiger partial charge in [0.2, 0.25) is 5.91 Å². The van der Waals surface area contributed by atoms with Crippen LogP contribution in [0, 0.1) is 0 Å². The predicted octanol–water partition coefficient (Wildman–Crippen LogP) is 3.12. The van der Waals surface area contributed by atoms with Crippen molar-refractivity contribution in [3.63, 3.8) is 0 Å². The topological polar surface area (TPSA) is 105 Å². The van der Waals surface area contributed by atoms with Gasteiger partial charge in [-0.25, -0.2) is 0 Å². The van der Waals surface area contributed by atoms with Gasteiger partial charge in [-0.1, -0.05) is 30.3 Å². The van der Waals surface area contributed by atoms with Crippen LogP contribution in [0.5, 0.6) is 11.5 Å². The van der Waals surface area contributed by atoms with Gasteiger partial charge in [-0.05, 0) is 42.5 Å². The first-order valence-electron chi connectivity index (χ1n) is 11.5. The highest BCUT2D eigenvalue weighted by Crippen LogP contribution is 2.34. The van der Waals surface area contributed by atoms with E-state index in [1.165, 1.54) is 0 Å². The minimum Gasteiger partial charge on any atom is -0.492 e. The molecule has 0 aliphatic carbocycles. The maximum absolute atomic E-state index is 12.6. The van der Waals surface area contributed by atoms with Crippen LogP contribution in [0.3, 0.4) is 0 Å². The summed E-state index contributed by atoms with van der Waals surface area (Å²) in [6, 6.07) is 20.9. The van der Waals surface area contributed by atoms with Crippen molar-refractivity contribution in [2.45, 2.75) is 6.42 Å². The molecule has 5 rings (SSSR count). The Bertz CT molecular complexity index is 1310. The average molecular weight is 485 g/mol. The molecule has 2 aliphatic heterocycles. The number of hydrogen-bond donors (Lipinski definition) is 1. The normalized spacial score (nSPS) is 14.3. The Morgan fingerprint density at radius 2 is 1.56 bits per heavy atom. The molecule has 2 aliphatic rings. The second kappa shape index (κ2) is 9.91. The fourth-order valence-electron chi connectivity index (χ4n) is 4.18. The number of hydrogen-bond acceptors (Lipinski definition) is 6. The summed E-state index contributed by atoms with van der Waals surface area (Å²) >= 11 is 0. The number of ether oxygens (including phenoxy) is 2. The fraction of sp³-hybridized carbons (Fsp3) is 0.185. The third-order valence-electron chi connectivity index (χ3n) is 5.95. The largest absolute Gasteiger partial charge is 0.492 e. The fourth-order valence-corrected chi connectivity index (χ4v) is 4.18. The lowest BCUT2D eigenvalue weighted by atomic mass is 10.1. The van der Waals surface area contributed by atoms with E-state index in [9.17, 15) is 19.2 Å². The average Bonchev–Trinajstić information content (AvgIpc) is 3.14. The highest BCUT2D eigenvalue weighted by Gasteiger charge is 2.35. The van der Waals surface area contributed by atoms with Crippen molar-refractivity contribution in [3.05, 3.63) is 83.9 Å². The van der Waals surface area contributed by atoms with E-state index < -0.39 is 11.8 Å². The summed E-state index contributed by atoms with van der Waals surface area (Å²) in [6.07, 6.45) is -0.0629. The van der Waals surface area contributed by atoms with E-state index >= 15 is 0 Å². The molecule has 9 nitrogen and oxygen atoms in total. The SMILES string of the molecule is O=C(CCN1C(=O)c2ccccc2C1=O)Nc1ccc2c(c1)N(CCOc1ccccc1)C(=O)CO2. The lowest BCUT2D eigenvalue weighted by molar-refractivity contribution is -0.121. The van der Waals surface area contributed by atoms with E-state index in [4.69, 9.17) is 9.47 Å². The monoisotopic (exact) mass is 485 g/mol. The Morgan fingerprint density at radius 1 is 0.861 bits per heavy atom. The lowest BCUT2D eigenvalue weighted by Gasteiger charge is -2.29. The second-order valence-corrected chi connectivity index (χ2v) is 8.28. The third-order valence-corrected chi connectivity index (χ3v) is 5.95. The van der Waals surface area contributed by atoms with Crippen LogP contribution in [0.4, 0.5) is 11.4 Å². The van der Waals surface area contributed by atoms with Gasteiger partial charge in [-0.3, -0.25) is 24.1 Å². The Balaban J connectivity index is 1.21. The van der Waals surface area contributed by atoms with Gasteiger partial charge in [-0.15, -0.1) is 0 Å². The summed E-state index contributed by atoms with van der Waals surface area (Å²) in [5.74, 6) is -0.153. The molecular formula is C27H23N3O6. The van der Waals surface area contributed by atoms with Crippen molar-refractivity contribution in [1.29, 1.82) is 0 Å². The standard InChI is InChI=1S/C27H23N3O6/c31-24(12-13-30-26(33)20-8-4-5-9-21(20)27(30)34)28-18-10-11-23-22(16-18)29(25(32)17-36-23)14-15-35-19-6-2-1-3-7-19/h1-11,16H,12-15,17H2,(H,28,31). The highest BCUT2D eigenvalue weighted by atomic mass is 16.5. The molecule has 2 heterocycles. The van der Waals surface area contributed by atoms with Crippen molar-refractivity contribution < 1.29 is 28.7 Å². The van der Waals surface area contributed by atoms with Gasteiger partial charge in [0.15, 0.2) is 6.61 Å². The number of rotatable bonds is 8. The molecule has 3 aromatic rings. The second-order valence-electron chi connectivity index (χ2n) is 8.28. The van der Waals surface area contributed by atoms with E-state index in [1.54, 1.807) is 47.4 Å². The summed E-state index contributed by atoms with van der Waals surface area (Å²) in [4.78, 5) is 52.8. The first-order valence-corrected chi connectivity index (χ1v) is 11.5. The number of para-hydroxylation sites is 1. The molecule has 0 unspecified atom stereocenters. The van der Waals surface area contributed by atoms with Crippen LogP contribution in [0.15, 0.2) is 72.8 Å². The zero-order valence-electron chi connectivity index (χ0n) is 19.3. The van der Waals surface area contributed by atoms with Gasteiger partial charge in [0, 0.05) is 18.7 Å². The van der Waals surface area contributed by atoms with E-state index in [1.807, 2.05) is 30.3 Å². The minimum absolute atomic E-state index is 0.0341. The lowest BCUT2D eigenvalue weighted by Crippen LogP contribution is -2.41. The van der Waals surface area contributed by atoms with E-state index in [0.29, 0.717) is 40.5 Å². The van der Waals surface area contributed by atoms with Gasteiger partial charge in [-0.2, -0.15) is 0 Å². The molecule has 0 bridgehead atoms. The third kappa shape index (κ3) is 4.63. The van der Waals surface area contributed by atoms with Crippen LogP contribution in [-0.2, 0) is 9.59 Å². The number of carbonyl (C=O) groups excluding carboxylic acids is 4. The molecule has 0 saturated heterocycles. The van der Waals surface area contributed by atoms with Gasteiger partial charge in [0.1, 0.15) is 18.1 Å². The minimum atomic E-state index is -0.402. The molecule has 1 N–H and O–H groups in total. The number of nitrogens with one attached hydrogen (secondary N) is 1. The molecule has 9 heteroatoms. The Labute approximate surface area is 207 Å². The van der Waals surface area contributed by atoms with Crippen LogP contribution in [0.1, 0.15) is 27.1 Å². The van der Waals surface area contributed by atoms with Gasteiger partial charge in [0.25, 0.3) is 17.7 Å². The maximum atomic E-state index is 12.6. The van der Waals surface area contributed by atoms with Crippen LogP contribution >= 0.6 is 0 Å². The molecule has 0 atom stereocenters. The Morgan fingerprint density at radius 3 is 2.28 bits per heavy atom. The zero-order chi connectivity index (χ0) is 25.1. The smallest absolute Gasteiger partial charge is 0.265 e. The first kappa shape index (κ1) is 23.1. The Hall–Kier alpha value is -4.66. The number of amides is 4. The summed E-state index contributed by atoms with van der Waals surface area (Å²) < 4.78 is 11.3. The zero-order valence-corrected chi connectivity index (χ0v) is 19.3. The van der Waals surface area contributed by atoms with E-state index in [-0.39, 0.29) is 38.0 Å². The van der Waals surface area contributed by atoms with Crippen molar-refractivity contribution in [2.75, 3.05) is 36.5 Å². The highest BCUT2D eigenvalue weighted by molar-refractivity contribution is 6.21. The summed E-state index contributed by atoms with van der Waals surface area (Å²) in [6.45, 7) is 0.477. The van der Waals surface area contributed by atoms with Crippen molar-refractivity contribution >= 4 is 35.0 Å². The maximum Gasteiger partial charge on any atom is 0.265 e. The summed E-state index contributed by atoms with van der Waals surface area (Å²) in [5, 5.41) is 2.77. The summed E-state index contributed by atoms with van der Waals surface area (Å²) in [5.41, 5.74) is 1.69. The van der Waals surface area contributed by atoms with Gasteiger partial charge >= 0.3 is 0 Å². The number of benzene rings is 3. The van der Waals surface area contributed by atoms with Crippen molar-refractivity contribution in [2.24, 2.45) is 0 Å². The number of imide groups is 1. The van der Waals surface area contributed by atoms with E-state index in [0.717, 1.165) is 4.90 Å². The van der Waals surface area contributed by atoms with Crippen molar-refractivity contribution in [1.82, 2.24) is 4.90 Å². The molecule has 0 aromatic heterocycles. The van der Waals surface area contributed by atoms with Gasteiger partial charge in [0.05, 0.1) is 23.4 Å². The first-order chi connectivity index (χ1) is 17.5. The molecule has 0 radical (unpaired) electrons. The molecule has 0 spiro atoms. The predicted molar refractivity (Wildman–Crippen MR) is 131 cm³/mol. The number of anilines is 2. The van der Waals surface area contributed by atoms with Crippen molar-refractivity contribution in [3.8, 4) is 11.5 Å². The molecular weight excluding hydrogens is 462 g/mol. The van der Waals surface area contributed by atoms with E-state index in [2.05, 4.69) is 5.32 Å². The van der Waals surface area contributed by atoms with Crippen LogP contribution < -0.4 is 19.7 Å². The molecule has 0 fully saturated rings. The molecule has 0 saturated carbocycles. The number of carbonyl (C=O) groups is 4. The molecule has 182 valence electrons. The van der Waals surface area contributed by atoms with Gasteiger partial charge < -0.3 is 19.7 Å². The quantitative estimate of drug-likeness (QED) is 0.492.